The molecule has 0 fully saturated rings. The molecule has 0 amide bonds. The SMILES string of the molecule is N#C/C(=C\c1ccc(Cl)cc1)S(=O)(=O)c1ccc(Cl)cc1. The number of allylic oxidation sites excluding steroid dienone is 1. The summed E-state index contributed by atoms with van der Waals surface area (Å²) in [7, 11) is -3.87. The fourth-order valence-corrected chi connectivity index (χ4v) is 3.03. The molecule has 0 heterocycles. The largest absolute Gasteiger partial charge is 0.218 e. The van der Waals surface area contributed by atoms with Crippen molar-refractivity contribution in [3.8, 4) is 6.07 Å². The summed E-state index contributed by atoms with van der Waals surface area (Å²) in [6.45, 7) is 0. The van der Waals surface area contributed by atoms with Gasteiger partial charge in [0.1, 0.15) is 11.0 Å². The molecule has 0 radical (unpaired) electrons. The molecule has 2 aromatic carbocycles. The van der Waals surface area contributed by atoms with Crippen molar-refractivity contribution in [3.63, 3.8) is 0 Å². The molecule has 2 aromatic rings. The van der Waals surface area contributed by atoms with Gasteiger partial charge in [0, 0.05) is 10.0 Å². The van der Waals surface area contributed by atoms with E-state index in [1.165, 1.54) is 30.3 Å². The predicted octanol–water partition coefficient (Wildman–Crippen LogP) is 4.33. The summed E-state index contributed by atoms with van der Waals surface area (Å²) in [5.41, 5.74) is 0.577. The molecule has 0 aliphatic rings. The van der Waals surface area contributed by atoms with Crippen LogP contribution in [-0.2, 0) is 9.84 Å². The van der Waals surface area contributed by atoms with Crippen molar-refractivity contribution in [2.24, 2.45) is 0 Å². The molecular formula is C15H9Cl2NO2S. The fraction of sp³-hybridized carbons (Fsp3) is 0. The Morgan fingerprint density at radius 2 is 1.43 bits per heavy atom. The van der Waals surface area contributed by atoms with Crippen LogP contribution in [0.2, 0.25) is 10.0 Å². The first-order valence-electron chi connectivity index (χ1n) is 5.81. The molecule has 0 aromatic heterocycles. The van der Waals surface area contributed by atoms with Gasteiger partial charge in [-0.1, -0.05) is 35.3 Å². The van der Waals surface area contributed by atoms with Crippen molar-refractivity contribution in [1.82, 2.24) is 0 Å². The van der Waals surface area contributed by atoms with Crippen LogP contribution < -0.4 is 0 Å². The number of benzene rings is 2. The number of nitriles is 1. The summed E-state index contributed by atoms with van der Waals surface area (Å²) < 4.78 is 24.8. The summed E-state index contributed by atoms with van der Waals surface area (Å²) >= 11 is 11.5. The first-order valence-corrected chi connectivity index (χ1v) is 8.05. The van der Waals surface area contributed by atoms with E-state index < -0.39 is 9.84 Å². The van der Waals surface area contributed by atoms with Gasteiger partial charge in [-0.3, -0.25) is 0 Å². The summed E-state index contributed by atoms with van der Waals surface area (Å²) in [6, 6.07) is 13.9. The maximum Gasteiger partial charge on any atom is 0.216 e. The van der Waals surface area contributed by atoms with E-state index in [1.54, 1.807) is 30.3 Å². The highest BCUT2D eigenvalue weighted by Gasteiger charge is 2.20. The van der Waals surface area contributed by atoms with Crippen molar-refractivity contribution in [3.05, 3.63) is 69.0 Å². The lowest BCUT2D eigenvalue weighted by Gasteiger charge is -2.03. The van der Waals surface area contributed by atoms with Crippen molar-refractivity contribution in [2.45, 2.75) is 4.90 Å². The number of rotatable bonds is 3. The van der Waals surface area contributed by atoms with E-state index >= 15 is 0 Å². The van der Waals surface area contributed by atoms with E-state index in [0.29, 0.717) is 15.6 Å². The van der Waals surface area contributed by atoms with Crippen molar-refractivity contribution in [2.75, 3.05) is 0 Å². The summed E-state index contributed by atoms with van der Waals surface area (Å²) in [5.74, 6) is 0. The Hall–Kier alpha value is -1.80. The number of halogens is 2. The van der Waals surface area contributed by atoms with E-state index in [-0.39, 0.29) is 9.80 Å². The highest BCUT2D eigenvalue weighted by molar-refractivity contribution is 7.95. The summed E-state index contributed by atoms with van der Waals surface area (Å²) in [4.78, 5) is -0.319. The zero-order valence-electron chi connectivity index (χ0n) is 10.6. The van der Waals surface area contributed by atoms with Crippen molar-refractivity contribution in [1.29, 1.82) is 5.26 Å². The molecule has 0 saturated carbocycles. The van der Waals surface area contributed by atoms with Gasteiger partial charge < -0.3 is 0 Å². The van der Waals surface area contributed by atoms with E-state index in [0.717, 1.165) is 0 Å². The van der Waals surface area contributed by atoms with Gasteiger partial charge >= 0.3 is 0 Å². The second-order valence-electron chi connectivity index (χ2n) is 4.13. The molecule has 2 rings (SSSR count). The first-order chi connectivity index (χ1) is 9.93. The molecule has 0 spiro atoms. The molecule has 6 heteroatoms. The molecule has 0 saturated heterocycles. The lowest BCUT2D eigenvalue weighted by molar-refractivity contribution is 0.603. The van der Waals surface area contributed by atoms with Gasteiger partial charge in [0.2, 0.25) is 9.84 Å². The average molecular weight is 338 g/mol. The zero-order valence-corrected chi connectivity index (χ0v) is 13.0. The third-order valence-corrected chi connectivity index (χ3v) is 4.88. The Morgan fingerprint density at radius 1 is 0.952 bits per heavy atom. The zero-order chi connectivity index (χ0) is 15.5. The third kappa shape index (κ3) is 3.64. The Kier molecular flexibility index (Phi) is 4.69. The minimum atomic E-state index is -3.87. The lowest BCUT2D eigenvalue weighted by atomic mass is 10.2. The minimum absolute atomic E-state index is 0.0219. The van der Waals surface area contributed by atoms with Crippen LogP contribution in [0, 0.1) is 11.3 Å². The quantitative estimate of drug-likeness (QED) is 0.783. The normalized spacial score (nSPS) is 12.0. The third-order valence-electron chi connectivity index (χ3n) is 2.69. The van der Waals surface area contributed by atoms with Crippen LogP contribution in [0.25, 0.3) is 6.08 Å². The molecule has 0 unspecified atom stereocenters. The maximum absolute atomic E-state index is 12.4. The molecule has 0 aliphatic carbocycles. The summed E-state index contributed by atoms with van der Waals surface area (Å²) in [6.07, 6.45) is 1.31. The van der Waals surface area contributed by atoms with Gasteiger partial charge in [-0.25, -0.2) is 8.42 Å². The van der Waals surface area contributed by atoms with Crippen molar-refractivity contribution >= 4 is 39.1 Å². The lowest BCUT2D eigenvalue weighted by Crippen LogP contribution is -2.03. The number of nitrogens with zero attached hydrogens (tertiary/aromatic N) is 1. The van der Waals surface area contributed by atoms with Gasteiger partial charge in [0.25, 0.3) is 0 Å². The Bertz CT molecular complexity index is 817. The van der Waals surface area contributed by atoms with E-state index in [1.807, 2.05) is 0 Å². The van der Waals surface area contributed by atoms with Crippen molar-refractivity contribution < 1.29 is 8.42 Å². The molecular weight excluding hydrogens is 329 g/mol. The van der Waals surface area contributed by atoms with Crippen LogP contribution in [0.5, 0.6) is 0 Å². The van der Waals surface area contributed by atoms with Gasteiger partial charge in [-0.15, -0.1) is 0 Å². The molecule has 0 bridgehead atoms. The Balaban J connectivity index is 2.47. The number of hydrogen-bond acceptors (Lipinski definition) is 3. The van der Waals surface area contributed by atoms with Crippen LogP contribution in [0.4, 0.5) is 0 Å². The molecule has 0 aliphatic heterocycles. The highest BCUT2D eigenvalue weighted by Crippen LogP contribution is 2.23. The highest BCUT2D eigenvalue weighted by atomic mass is 35.5. The van der Waals surface area contributed by atoms with E-state index in [2.05, 4.69) is 0 Å². The molecule has 3 nitrogen and oxygen atoms in total. The second-order valence-corrected chi connectivity index (χ2v) is 6.92. The van der Waals surface area contributed by atoms with Crippen LogP contribution >= 0.6 is 23.2 Å². The van der Waals surface area contributed by atoms with Crippen LogP contribution in [-0.4, -0.2) is 8.42 Å². The van der Waals surface area contributed by atoms with Gasteiger partial charge in [0.05, 0.1) is 4.90 Å². The van der Waals surface area contributed by atoms with E-state index in [9.17, 15) is 8.42 Å². The Morgan fingerprint density at radius 3 is 1.90 bits per heavy atom. The summed E-state index contributed by atoms with van der Waals surface area (Å²) in [5, 5.41) is 10.1. The minimum Gasteiger partial charge on any atom is -0.218 e. The fourth-order valence-electron chi connectivity index (χ4n) is 1.62. The predicted molar refractivity (Wildman–Crippen MR) is 83.7 cm³/mol. The number of sulfone groups is 1. The van der Waals surface area contributed by atoms with Gasteiger partial charge in [-0.05, 0) is 48.0 Å². The van der Waals surface area contributed by atoms with Gasteiger partial charge in [0.15, 0.2) is 0 Å². The van der Waals surface area contributed by atoms with E-state index in [4.69, 9.17) is 28.5 Å². The second kappa shape index (κ2) is 6.31. The average Bonchev–Trinajstić information content (AvgIpc) is 2.47. The number of hydrogen-bond donors (Lipinski definition) is 0. The maximum atomic E-state index is 12.4. The van der Waals surface area contributed by atoms with Gasteiger partial charge in [-0.2, -0.15) is 5.26 Å². The molecule has 21 heavy (non-hydrogen) atoms. The topological polar surface area (TPSA) is 57.9 Å². The molecule has 0 N–H and O–H groups in total. The van der Waals surface area contributed by atoms with Crippen LogP contribution in [0.1, 0.15) is 5.56 Å². The standard InChI is InChI=1S/C15H9Cl2NO2S/c16-12-3-1-11(2-4-12)9-15(10-18)21(19,20)14-7-5-13(17)6-8-14/h1-9H/b15-9+. The molecule has 106 valence electrons. The van der Waals surface area contributed by atoms with Crippen LogP contribution in [0.3, 0.4) is 0 Å². The Labute approximate surface area is 133 Å². The monoisotopic (exact) mass is 337 g/mol. The molecule has 0 atom stereocenters. The first kappa shape index (κ1) is 15.6. The smallest absolute Gasteiger partial charge is 0.216 e. The van der Waals surface area contributed by atoms with Crippen LogP contribution in [0.15, 0.2) is 58.3 Å².